The van der Waals surface area contributed by atoms with Crippen molar-refractivity contribution in [3.63, 3.8) is 0 Å². The minimum absolute atomic E-state index is 0.0693. The Balaban J connectivity index is 1.47. The van der Waals surface area contributed by atoms with Crippen molar-refractivity contribution in [2.75, 3.05) is 11.1 Å². The number of hydrogen-bond acceptors (Lipinski definition) is 5. The van der Waals surface area contributed by atoms with Gasteiger partial charge in [-0.05, 0) is 55.7 Å². The number of carbonyl (C=O) groups excluding carboxylic acids is 1. The number of rotatable bonds is 4. The Hall–Kier alpha value is -2.44. The van der Waals surface area contributed by atoms with E-state index in [1.54, 1.807) is 0 Å². The Morgan fingerprint density at radius 1 is 1.07 bits per heavy atom. The quantitative estimate of drug-likeness (QED) is 0.465. The highest BCUT2D eigenvalue weighted by atomic mass is 32.2. The van der Waals surface area contributed by atoms with Crippen molar-refractivity contribution in [3.05, 3.63) is 59.2 Å². The summed E-state index contributed by atoms with van der Waals surface area (Å²) in [5, 5.41) is 5.57. The molecule has 0 bridgehead atoms. The van der Waals surface area contributed by atoms with Crippen molar-refractivity contribution < 1.29 is 4.79 Å². The second-order valence-electron chi connectivity index (χ2n) is 6.58. The Kier molecular flexibility index (Phi) is 4.85. The number of benzene rings is 2. The molecule has 27 heavy (non-hydrogen) atoms. The number of anilines is 1. The van der Waals surface area contributed by atoms with Crippen molar-refractivity contribution in [3.8, 4) is 0 Å². The predicted octanol–water partition coefficient (Wildman–Crippen LogP) is 5.50. The smallest absolute Gasteiger partial charge is 0.236 e. The minimum Gasteiger partial charge on any atom is -0.301 e. The second-order valence-corrected chi connectivity index (χ2v) is 8.60. The summed E-state index contributed by atoms with van der Waals surface area (Å²) in [4.78, 5) is 21.6. The van der Waals surface area contributed by atoms with E-state index in [1.165, 1.54) is 34.2 Å². The minimum atomic E-state index is -0.0693. The average Bonchev–Trinajstić information content (AvgIpc) is 3.02. The lowest BCUT2D eigenvalue weighted by molar-refractivity contribution is -0.113. The van der Waals surface area contributed by atoms with Crippen LogP contribution in [0, 0.1) is 20.8 Å². The molecule has 0 fully saturated rings. The maximum atomic E-state index is 12.4. The molecule has 0 aliphatic heterocycles. The first-order valence-electron chi connectivity index (χ1n) is 8.66. The van der Waals surface area contributed by atoms with Gasteiger partial charge in [-0.1, -0.05) is 47.4 Å². The number of thiazole rings is 1. The van der Waals surface area contributed by atoms with Crippen molar-refractivity contribution in [2.24, 2.45) is 0 Å². The number of nitrogens with zero attached hydrogens (tertiary/aromatic N) is 2. The standard InChI is InChI=1S/C21H19N3OS2/c1-12-7-8-16-17(9-12)27-21(22-16)23-18(25)11-26-19-10-14(3)15-6-4-5-13(2)20(15)24-19/h4-10H,11H2,1-3H3,(H,22,23,25). The number of fused-ring (bicyclic) bond motifs is 2. The lowest BCUT2D eigenvalue weighted by Gasteiger charge is -2.08. The molecule has 0 atom stereocenters. The SMILES string of the molecule is Cc1ccc2nc(NC(=O)CSc3cc(C)c4cccc(C)c4n3)sc2c1. The first-order valence-corrected chi connectivity index (χ1v) is 10.5. The van der Waals surface area contributed by atoms with Crippen LogP contribution < -0.4 is 5.32 Å². The van der Waals surface area contributed by atoms with E-state index in [4.69, 9.17) is 4.98 Å². The molecule has 0 unspecified atom stereocenters. The van der Waals surface area contributed by atoms with Crippen LogP contribution in [0.4, 0.5) is 5.13 Å². The van der Waals surface area contributed by atoms with E-state index in [1.807, 2.05) is 31.2 Å². The summed E-state index contributed by atoms with van der Waals surface area (Å²) in [5.74, 6) is 0.235. The molecule has 6 heteroatoms. The van der Waals surface area contributed by atoms with Gasteiger partial charge in [-0.25, -0.2) is 9.97 Å². The second kappa shape index (κ2) is 7.29. The van der Waals surface area contributed by atoms with E-state index >= 15 is 0 Å². The molecular formula is C21H19N3OS2. The Morgan fingerprint density at radius 3 is 2.78 bits per heavy atom. The predicted molar refractivity (Wildman–Crippen MR) is 115 cm³/mol. The van der Waals surface area contributed by atoms with Crippen LogP contribution in [0.25, 0.3) is 21.1 Å². The molecule has 1 amide bonds. The van der Waals surface area contributed by atoms with Gasteiger partial charge >= 0.3 is 0 Å². The molecule has 2 aromatic carbocycles. The molecule has 2 heterocycles. The molecule has 4 rings (SSSR count). The highest BCUT2D eigenvalue weighted by Crippen LogP contribution is 2.28. The number of nitrogens with one attached hydrogen (secondary N) is 1. The number of pyridine rings is 1. The number of para-hydroxylation sites is 1. The van der Waals surface area contributed by atoms with Gasteiger partial charge in [-0.2, -0.15) is 0 Å². The normalized spacial score (nSPS) is 11.2. The number of aryl methyl sites for hydroxylation is 3. The van der Waals surface area contributed by atoms with Crippen molar-refractivity contribution in [1.82, 2.24) is 9.97 Å². The summed E-state index contributed by atoms with van der Waals surface area (Å²) < 4.78 is 1.08. The Labute approximate surface area is 166 Å². The third kappa shape index (κ3) is 3.82. The van der Waals surface area contributed by atoms with Gasteiger partial charge in [0.25, 0.3) is 0 Å². The van der Waals surface area contributed by atoms with Crippen LogP contribution in [0.2, 0.25) is 0 Å². The van der Waals surface area contributed by atoms with E-state index < -0.39 is 0 Å². The van der Waals surface area contributed by atoms with Gasteiger partial charge < -0.3 is 5.32 Å². The summed E-state index contributed by atoms with van der Waals surface area (Å²) in [6, 6.07) is 14.3. The number of aromatic nitrogens is 2. The van der Waals surface area contributed by atoms with E-state index in [2.05, 4.69) is 42.3 Å². The number of carbonyl (C=O) groups is 1. The average molecular weight is 394 g/mol. The van der Waals surface area contributed by atoms with Gasteiger partial charge in [0.1, 0.15) is 0 Å². The molecule has 0 aliphatic rings. The summed E-state index contributed by atoms with van der Waals surface area (Å²) in [6.07, 6.45) is 0. The first kappa shape index (κ1) is 17.9. The van der Waals surface area contributed by atoms with Crippen molar-refractivity contribution in [2.45, 2.75) is 25.8 Å². The molecule has 2 aromatic heterocycles. The van der Waals surface area contributed by atoms with Crippen LogP contribution in [0.1, 0.15) is 16.7 Å². The van der Waals surface area contributed by atoms with Crippen LogP contribution in [0.5, 0.6) is 0 Å². The zero-order valence-electron chi connectivity index (χ0n) is 15.4. The zero-order chi connectivity index (χ0) is 19.0. The fourth-order valence-corrected chi connectivity index (χ4v) is 4.73. The molecule has 0 aliphatic carbocycles. The van der Waals surface area contributed by atoms with Gasteiger partial charge in [0, 0.05) is 5.39 Å². The summed E-state index contributed by atoms with van der Waals surface area (Å²) in [7, 11) is 0. The Bertz CT molecular complexity index is 1170. The van der Waals surface area contributed by atoms with E-state index in [-0.39, 0.29) is 5.91 Å². The summed E-state index contributed by atoms with van der Waals surface area (Å²) in [6.45, 7) is 6.19. The zero-order valence-corrected chi connectivity index (χ0v) is 17.0. The molecule has 4 nitrogen and oxygen atoms in total. The maximum Gasteiger partial charge on any atom is 0.236 e. The van der Waals surface area contributed by atoms with Crippen LogP contribution in [0.15, 0.2) is 47.5 Å². The highest BCUT2D eigenvalue weighted by molar-refractivity contribution is 7.99. The molecule has 1 N–H and O–H groups in total. The molecule has 136 valence electrons. The fourth-order valence-electron chi connectivity index (χ4n) is 2.99. The van der Waals surface area contributed by atoms with E-state index in [0.29, 0.717) is 10.9 Å². The maximum absolute atomic E-state index is 12.4. The molecule has 4 aromatic rings. The fraction of sp³-hybridized carbons (Fsp3) is 0.190. The lowest BCUT2D eigenvalue weighted by Crippen LogP contribution is -2.13. The molecule has 0 radical (unpaired) electrons. The largest absolute Gasteiger partial charge is 0.301 e. The molecule has 0 saturated heterocycles. The van der Waals surface area contributed by atoms with Gasteiger partial charge in [0.15, 0.2) is 5.13 Å². The molecular weight excluding hydrogens is 374 g/mol. The topological polar surface area (TPSA) is 54.9 Å². The number of thioether (sulfide) groups is 1. The third-order valence-electron chi connectivity index (χ3n) is 4.37. The van der Waals surface area contributed by atoms with E-state index in [0.717, 1.165) is 31.7 Å². The first-order chi connectivity index (χ1) is 13.0. The van der Waals surface area contributed by atoms with Gasteiger partial charge in [-0.15, -0.1) is 0 Å². The van der Waals surface area contributed by atoms with Crippen LogP contribution in [0.3, 0.4) is 0 Å². The van der Waals surface area contributed by atoms with Crippen molar-refractivity contribution in [1.29, 1.82) is 0 Å². The van der Waals surface area contributed by atoms with Gasteiger partial charge in [0.05, 0.1) is 26.5 Å². The lowest BCUT2D eigenvalue weighted by atomic mass is 10.1. The highest BCUT2D eigenvalue weighted by Gasteiger charge is 2.11. The number of hydrogen-bond donors (Lipinski definition) is 1. The summed E-state index contributed by atoms with van der Waals surface area (Å²) in [5.41, 5.74) is 5.42. The number of amides is 1. The van der Waals surface area contributed by atoms with Crippen LogP contribution >= 0.6 is 23.1 Å². The third-order valence-corrected chi connectivity index (χ3v) is 6.21. The van der Waals surface area contributed by atoms with Crippen LogP contribution in [-0.2, 0) is 4.79 Å². The van der Waals surface area contributed by atoms with Crippen LogP contribution in [-0.4, -0.2) is 21.6 Å². The summed E-state index contributed by atoms with van der Waals surface area (Å²) >= 11 is 2.95. The van der Waals surface area contributed by atoms with E-state index in [9.17, 15) is 4.79 Å². The van der Waals surface area contributed by atoms with Gasteiger partial charge in [0.2, 0.25) is 5.91 Å². The molecule has 0 saturated carbocycles. The monoisotopic (exact) mass is 393 g/mol. The van der Waals surface area contributed by atoms with Gasteiger partial charge in [-0.3, -0.25) is 4.79 Å². The Morgan fingerprint density at radius 2 is 1.93 bits per heavy atom. The van der Waals surface area contributed by atoms with Crippen molar-refractivity contribution >= 4 is 55.3 Å². The molecule has 0 spiro atoms.